The second-order valence-electron chi connectivity index (χ2n) is 7.86. The maximum Gasteiger partial charge on any atom is 0.407 e. The first-order valence-corrected chi connectivity index (χ1v) is 8.72. The Labute approximate surface area is 135 Å². The molecule has 0 aromatic carbocycles. The van der Waals surface area contributed by atoms with Crippen molar-refractivity contribution in [3.63, 3.8) is 0 Å². The number of amides is 2. The smallest absolute Gasteiger partial charge is 0.407 e. The summed E-state index contributed by atoms with van der Waals surface area (Å²) in [5.41, 5.74) is -0.0386. The average Bonchev–Trinajstić information content (AvgIpc) is 2.94. The van der Waals surface area contributed by atoms with Gasteiger partial charge in [-0.25, -0.2) is 9.86 Å². The zero-order valence-corrected chi connectivity index (χ0v) is 13.4. The molecule has 4 heterocycles. The van der Waals surface area contributed by atoms with Crippen LogP contribution in [-0.4, -0.2) is 74.9 Å². The Hall–Kier alpha value is -1.34. The van der Waals surface area contributed by atoms with E-state index in [0.29, 0.717) is 19.0 Å². The minimum Gasteiger partial charge on any atom is -0.465 e. The number of likely N-dealkylation sites (tertiary alicyclic amines) is 1. The van der Waals surface area contributed by atoms with Crippen LogP contribution in [0.15, 0.2) is 0 Å². The van der Waals surface area contributed by atoms with E-state index in [1.165, 1.54) is 0 Å². The summed E-state index contributed by atoms with van der Waals surface area (Å²) in [6.07, 6.45) is 5.50. The lowest BCUT2D eigenvalue weighted by Gasteiger charge is -2.46. The first kappa shape index (κ1) is 15.2. The van der Waals surface area contributed by atoms with E-state index in [1.54, 1.807) is 4.90 Å². The maximum atomic E-state index is 11.6. The number of nitrogens with zero attached hydrogens (tertiary/aromatic N) is 3. The van der Waals surface area contributed by atoms with Gasteiger partial charge in [0.15, 0.2) is 0 Å². The van der Waals surface area contributed by atoms with Gasteiger partial charge >= 0.3 is 6.09 Å². The minimum atomic E-state index is -0.763. The number of carbonyl (C=O) groups is 2. The van der Waals surface area contributed by atoms with Gasteiger partial charge in [0.25, 0.3) is 0 Å². The summed E-state index contributed by atoms with van der Waals surface area (Å²) in [5, 5.41) is 19.8. The zero-order valence-electron chi connectivity index (χ0n) is 13.4. The van der Waals surface area contributed by atoms with Gasteiger partial charge in [-0.15, -0.1) is 0 Å². The Bertz CT molecular complexity index is 503. The third-order valence-corrected chi connectivity index (χ3v) is 6.60. The van der Waals surface area contributed by atoms with Crippen LogP contribution in [-0.2, 0) is 4.79 Å². The van der Waals surface area contributed by atoms with Crippen LogP contribution in [0.2, 0.25) is 0 Å². The van der Waals surface area contributed by atoms with E-state index >= 15 is 0 Å². The summed E-state index contributed by atoms with van der Waals surface area (Å²) in [7, 11) is 0. The standard InChI is InChI=1S/C16H25N3O4/c20-14-9-16(10-18(14)23)3-5-17(6-4-16)13-7-11-1-2-12(8-13)19(11)15(21)22/h11-13,23H,1-10H2,(H,21,22). The lowest BCUT2D eigenvalue weighted by Crippen LogP contribution is -2.54. The monoisotopic (exact) mass is 323 g/mol. The van der Waals surface area contributed by atoms with Crippen molar-refractivity contribution in [2.45, 2.75) is 63.1 Å². The van der Waals surface area contributed by atoms with Crippen LogP contribution in [0.25, 0.3) is 0 Å². The fourth-order valence-corrected chi connectivity index (χ4v) is 5.33. The summed E-state index contributed by atoms with van der Waals surface area (Å²) < 4.78 is 0. The summed E-state index contributed by atoms with van der Waals surface area (Å²) in [4.78, 5) is 27.2. The molecule has 0 radical (unpaired) electrons. The van der Waals surface area contributed by atoms with E-state index in [-0.39, 0.29) is 23.4 Å². The molecule has 2 bridgehead atoms. The normalized spacial score (nSPS) is 36.9. The summed E-state index contributed by atoms with van der Waals surface area (Å²) in [5.74, 6) is -0.147. The molecule has 7 heteroatoms. The second-order valence-corrected chi connectivity index (χ2v) is 7.86. The molecule has 7 nitrogen and oxygen atoms in total. The van der Waals surface area contributed by atoms with E-state index in [1.807, 2.05) is 0 Å². The predicted octanol–water partition coefficient (Wildman–Crippen LogP) is 1.36. The minimum absolute atomic E-state index is 0.0386. The molecule has 4 aliphatic heterocycles. The van der Waals surface area contributed by atoms with E-state index in [9.17, 15) is 19.9 Å². The molecule has 2 unspecified atom stereocenters. The molecule has 23 heavy (non-hydrogen) atoms. The SMILES string of the molecule is O=C1CC2(CCN(C3CC4CCC(C3)N4C(=O)O)CC2)CN1O. The molecule has 0 aliphatic carbocycles. The molecule has 128 valence electrons. The highest BCUT2D eigenvalue weighted by Gasteiger charge is 2.48. The number of carboxylic acid groups (broad SMARTS) is 1. The van der Waals surface area contributed by atoms with Gasteiger partial charge < -0.3 is 14.9 Å². The van der Waals surface area contributed by atoms with E-state index in [0.717, 1.165) is 56.7 Å². The van der Waals surface area contributed by atoms with Crippen LogP contribution < -0.4 is 0 Å². The number of rotatable bonds is 1. The zero-order chi connectivity index (χ0) is 16.2. The number of piperidine rings is 2. The Morgan fingerprint density at radius 2 is 1.70 bits per heavy atom. The van der Waals surface area contributed by atoms with Crippen LogP contribution >= 0.6 is 0 Å². The molecule has 1 spiro atoms. The molecule has 4 saturated heterocycles. The second kappa shape index (κ2) is 5.34. The van der Waals surface area contributed by atoms with Crippen molar-refractivity contribution in [3.8, 4) is 0 Å². The van der Waals surface area contributed by atoms with Gasteiger partial charge in [0.05, 0.1) is 6.54 Å². The molecular weight excluding hydrogens is 298 g/mol. The average molecular weight is 323 g/mol. The largest absolute Gasteiger partial charge is 0.465 e. The van der Waals surface area contributed by atoms with Crippen molar-refractivity contribution in [2.24, 2.45) is 5.41 Å². The van der Waals surface area contributed by atoms with Gasteiger partial charge in [-0.05, 0) is 51.6 Å². The molecule has 0 aromatic heterocycles. The van der Waals surface area contributed by atoms with Crippen molar-refractivity contribution in [2.75, 3.05) is 19.6 Å². The third kappa shape index (κ3) is 2.50. The maximum absolute atomic E-state index is 11.6. The molecular formula is C16H25N3O4. The third-order valence-electron chi connectivity index (χ3n) is 6.60. The van der Waals surface area contributed by atoms with Crippen molar-refractivity contribution in [1.29, 1.82) is 0 Å². The highest BCUT2D eigenvalue weighted by molar-refractivity contribution is 5.78. The first-order chi connectivity index (χ1) is 11.0. The lowest BCUT2D eigenvalue weighted by molar-refractivity contribution is -0.158. The van der Waals surface area contributed by atoms with Crippen LogP contribution in [0.3, 0.4) is 0 Å². The molecule has 0 saturated carbocycles. The Morgan fingerprint density at radius 1 is 1.09 bits per heavy atom. The van der Waals surface area contributed by atoms with Gasteiger partial charge in [0.2, 0.25) is 5.91 Å². The van der Waals surface area contributed by atoms with Crippen molar-refractivity contribution < 1.29 is 19.9 Å². The number of hydrogen-bond donors (Lipinski definition) is 2. The molecule has 2 N–H and O–H groups in total. The molecule has 0 aromatic rings. The van der Waals surface area contributed by atoms with Crippen LogP contribution in [0.1, 0.15) is 44.9 Å². The lowest BCUT2D eigenvalue weighted by atomic mass is 9.77. The first-order valence-electron chi connectivity index (χ1n) is 8.72. The molecule has 4 fully saturated rings. The Morgan fingerprint density at radius 3 is 2.17 bits per heavy atom. The van der Waals surface area contributed by atoms with Gasteiger partial charge in [0, 0.05) is 30.0 Å². The molecule has 2 atom stereocenters. The Balaban J connectivity index is 1.37. The van der Waals surface area contributed by atoms with Gasteiger partial charge in [-0.1, -0.05) is 0 Å². The fourth-order valence-electron chi connectivity index (χ4n) is 5.33. The van der Waals surface area contributed by atoms with Crippen LogP contribution in [0.4, 0.5) is 4.79 Å². The molecule has 4 rings (SSSR count). The van der Waals surface area contributed by atoms with Crippen LogP contribution in [0.5, 0.6) is 0 Å². The summed E-state index contributed by atoms with van der Waals surface area (Å²) in [6, 6.07) is 0.851. The molecule has 4 aliphatic rings. The fraction of sp³-hybridized carbons (Fsp3) is 0.875. The van der Waals surface area contributed by atoms with Gasteiger partial charge in [-0.3, -0.25) is 10.0 Å². The van der Waals surface area contributed by atoms with Crippen molar-refractivity contribution in [1.82, 2.24) is 14.9 Å². The van der Waals surface area contributed by atoms with Gasteiger partial charge in [-0.2, -0.15) is 0 Å². The van der Waals surface area contributed by atoms with Crippen LogP contribution in [0, 0.1) is 5.41 Å². The number of hydroxylamine groups is 2. The molecule has 2 amide bonds. The Kier molecular flexibility index (Phi) is 3.53. The highest BCUT2D eigenvalue weighted by Crippen LogP contribution is 2.43. The highest BCUT2D eigenvalue weighted by atomic mass is 16.5. The quantitative estimate of drug-likeness (QED) is 0.712. The van der Waals surface area contributed by atoms with Gasteiger partial charge in [0.1, 0.15) is 0 Å². The van der Waals surface area contributed by atoms with Crippen molar-refractivity contribution >= 4 is 12.0 Å². The van der Waals surface area contributed by atoms with E-state index in [4.69, 9.17) is 0 Å². The number of hydrogen-bond acceptors (Lipinski definition) is 4. The number of carbonyl (C=O) groups excluding carboxylic acids is 1. The van der Waals surface area contributed by atoms with E-state index < -0.39 is 6.09 Å². The number of fused-ring (bicyclic) bond motifs is 2. The van der Waals surface area contributed by atoms with Crippen molar-refractivity contribution in [3.05, 3.63) is 0 Å². The predicted molar refractivity (Wildman–Crippen MR) is 81.1 cm³/mol. The summed E-state index contributed by atoms with van der Waals surface area (Å²) >= 11 is 0. The van der Waals surface area contributed by atoms with E-state index in [2.05, 4.69) is 4.90 Å². The topological polar surface area (TPSA) is 84.3 Å². The summed E-state index contributed by atoms with van der Waals surface area (Å²) in [6.45, 7) is 2.39.